The van der Waals surface area contributed by atoms with Crippen molar-refractivity contribution >= 4 is 171 Å². The van der Waals surface area contributed by atoms with Crippen LogP contribution in [-0.2, 0) is 0 Å². The monoisotopic (exact) mass is 599 g/mol. The van der Waals surface area contributed by atoms with E-state index in [0.717, 1.165) is 42.5 Å². The van der Waals surface area contributed by atoms with Crippen molar-refractivity contribution in [3.05, 3.63) is 88.0 Å². The summed E-state index contributed by atoms with van der Waals surface area (Å²) in [6, 6.07) is 9.54. The number of nitrogens with one attached hydrogen (secondary N) is 2. The Hall–Kier alpha value is -1.72. The van der Waals surface area contributed by atoms with E-state index < -0.39 is 35.7 Å². The van der Waals surface area contributed by atoms with E-state index >= 15 is 0 Å². The number of hydrogen-bond acceptors (Lipinski definition) is 7. The normalized spacial score (nSPS) is 9.27. The number of amides is 2. The Morgan fingerprint density at radius 1 is 0.439 bits per heavy atom. The summed E-state index contributed by atoms with van der Waals surface area (Å²) in [4.78, 5) is 70.7. The van der Waals surface area contributed by atoms with Crippen LogP contribution in [0.1, 0.15) is 62.1 Å². The van der Waals surface area contributed by atoms with Gasteiger partial charge in [-0.25, -0.2) is 19.2 Å². The van der Waals surface area contributed by atoms with Crippen molar-refractivity contribution in [2.24, 2.45) is 0 Å². The third kappa shape index (κ3) is 11.5. The van der Waals surface area contributed by atoms with Crippen LogP contribution in [0.5, 0.6) is 0 Å². The third-order valence-corrected chi connectivity index (χ3v) is 4.85. The van der Waals surface area contributed by atoms with Gasteiger partial charge in [0.25, 0.3) is 11.8 Å². The summed E-state index contributed by atoms with van der Waals surface area (Å²) in [6.45, 7) is 0. The van der Waals surface area contributed by atoms with Crippen LogP contribution in [0, 0.1) is 0 Å². The first-order chi connectivity index (χ1) is 17.3. The fraction of sp³-hybridized carbons (Fsp3) is 0. The molecule has 0 aliphatic carbocycles. The molecule has 0 spiro atoms. The number of rotatable bonds is 8. The van der Waals surface area contributed by atoms with Crippen LogP contribution in [0.25, 0.3) is 0 Å². The molecule has 2 amide bonds. The number of carbonyl (C=O) groups is 6. The summed E-state index contributed by atoms with van der Waals surface area (Å²) in [5.41, 5.74) is 3.69. The standard InChI is InChI=1S/C24H17N3O10.4Na/c25-16-4-10(19(28)26-17-6-12(21(30)31)2-13(7-17)22(32)33)1-11(5-16)20(29)27-18-8-14(23(34)35)3-15(9-18)24(36)37;;;;/h1-9H,25H2,(H,26,28)(H,27,29)(H,30,31)(H,32,33)(H,34,35)(H,36,37);;;;. The summed E-state index contributed by atoms with van der Waals surface area (Å²) in [5, 5.41) is 41.4. The van der Waals surface area contributed by atoms with E-state index in [-0.39, 0.29) is 169 Å². The van der Waals surface area contributed by atoms with Crippen LogP contribution in [0.15, 0.2) is 54.6 Å². The molecule has 4 radical (unpaired) electrons. The molecule has 8 N–H and O–H groups in total. The van der Waals surface area contributed by atoms with Crippen molar-refractivity contribution in [3.8, 4) is 0 Å². The fourth-order valence-electron chi connectivity index (χ4n) is 3.21. The molecule has 0 aliphatic heterocycles. The number of carboxylic acid groups (broad SMARTS) is 4. The first-order valence-electron chi connectivity index (χ1n) is 10.1. The molecule has 0 fully saturated rings. The van der Waals surface area contributed by atoms with Gasteiger partial charge >= 0.3 is 23.9 Å². The molecule has 13 nitrogen and oxygen atoms in total. The fourth-order valence-corrected chi connectivity index (χ4v) is 3.21. The molecule has 3 rings (SSSR count). The van der Waals surface area contributed by atoms with Crippen molar-refractivity contribution in [1.29, 1.82) is 0 Å². The van der Waals surface area contributed by atoms with Crippen LogP contribution in [0.3, 0.4) is 0 Å². The average molecular weight is 599 g/mol. The van der Waals surface area contributed by atoms with E-state index in [4.69, 9.17) is 5.73 Å². The third-order valence-electron chi connectivity index (χ3n) is 4.85. The Balaban J connectivity index is 0. The molecule has 0 aromatic heterocycles. The van der Waals surface area contributed by atoms with Crippen molar-refractivity contribution in [1.82, 2.24) is 0 Å². The Kier molecular flexibility index (Phi) is 18.2. The summed E-state index contributed by atoms with van der Waals surface area (Å²) in [6.07, 6.45) is 0. The van der Waals surface area contributed by atoms with E-state index in [1.807, 2.05) is 0 Å². The van der Waals surface area contributed by atoms with Gasteiger partial charge in [-0.1, -0.05) is 0 Å². The predicted molar refractivity (Wildman–Crippen MR) is 150 cm³/mol. The van der Waals surface area contributed by atoms with Crippen LogP contribution >= 0.6 is 0 Å². The predicted octanol–water partition coefficient (Wildman–Crippen LogP) is 1.04. The molecule has 3 aromatic carbocycles. The van der Waals surface area contributed by atoms with Gasteiger partial charge in [0, 0.05) is 146 Å². The number of aromatic carboxylic acids is 4. The number of carboxylic acids is 4. The molecule has 17 heteroatoms. The van der Waals surface area contributed by atoms with E-state index in [2.05, 4.69) is 10.6 Å². The van der Waals surface area contributed by atoms with Gasteiger partial charge in [0.15, 0.2) is 0 Å². The zero-order chi connectivity index (χ0) is 27.4. The Bertz CT molecular complexity index is 1340. The maximum absolute atomic E-state index is 12.8. The van der Waals surface area contributed by atoms with Gasteiger partial charge in [-0.3, -0.25) is 9.59 Å². The van der Waals surface area contributed by atoms with Crippen molar-refractivity contribution in [3.63, 3.8) is 0 Å². The van der Waals surface area contributed by atoms with Gasteiger partial charge in [0.2, 0.25) is 0 Å². The van der Waals surface area contributed by atoms with E-state index in [1.54, 1.807) is 0 Å². The molecule has 0 atom stereocenters. The van der Waals surface area contributed by atoms with Gasteiger partial charge in [-0.05, 0) is 54.6 Å². The second-order valence-corrected chi connectivity index (χ2v) is 7.57. The molecule has 0 saturated heterocycles. The number of carbonyl (C=O) groups excluding carboxylic acids is 2. The molecular formula is C24H17N3Na4O10. The first-order valence-corrected chi connectivity index (χ1v) is 10.1. The van der Waals surface area contributed by atoms with Gasteiger partial charge in [0.05, 0.1) is 22.3 Å². The van der Waals surface area contributed by atoms with E-state index in [1.165, 1.54) is 12.1 Å². The van der Waals surface area contributed by atoms with Crippen LogP contribution in [-0.4, -0.2) is 174 Å². The summed E-state index contributed by atoms with van der Waals surface area (Å²) >= 11 is 0. The summed E-state index contributed by atoms with van der Waals surface area (Å²) in [7, 11) is 0. The number of hydrogen-bond donors (Lipinski definition) is 7. The minimum absolute atomic E-state index is 0. The SMILES string of the molecule is Nc1cc(C(=O)Nc2cc(C(=O)O)cc(C(=O)O)c2)cc(C(=O)Nc2cc(C(=O)O)cc(C(=O)O)c2)c1.[Na].[Na].[Na].[Na]. The molecule has 41 heavy (non-hydrogen) atoms. The van der Waals surface area contributed by atoms with Gasteiger partial charge < -0.3 is 36.8 Å². The molecule has 0 bridgehead atoms. The van der Waals surface area contributed by atoms with Crippen molar-refractivity contribution < 1.29 is 49.2 Å². The second kappa shape index (κ2) is 18.1. The molecule has 0 aliphatic rings. The van der Waals surface area contributed by atoms with Crippen LogP contribution in [0.2, 0.25) is 0 Å². The zero-order valence-electron chi connectivity index (χ0n) is 22.5. The molecule has 3 aromatic rings. The quantitative estimate of drug-likeness (QED) is 0.143. The Morgan fingerprint density at radius 3 is 0.927 bits per heavy atom. The van der Waals surface area contributed by atoms with Gasteiger partial charge in [0.1, 0.15) is 0 Å². The number of benzene rings is 3. The minimum Gasteiger partial charge on any atom is -0.478 e. The topological polar surface area (TPSA) is 233 Å². The average Bonchev–Trinajstić information content (AvgIpc) is 2.82. The first kappa shape index (κ1) is 41.4. The van der Waals surface area contributed by atoms with E-state index in [9.17, 15) is 49.2 Å². The number of nitrogen functional groups attached to an aromatic ring is 1. The molecule has 0 saturated carbocycles. The molecule has 0 unspecified atom stereocenters. The van der Waals surface area contributed by atoms with Crippen LogP contribution in [0.4, 0.5) is 17.1 Å². The summed E-state index contributed by atoms with van der Waals surface area (Å²) in [5.74, 6) is -7.36. The molecule has 192 valence electrons. The van der Waals surface area contributed by atoms with Gasteiger partial charge in [-0.15, -0.1) is 0 Å². The number of nitrogens with two attached hydrogens (primary N) is 1. The molecule has 0 heterocycles. The van der Waals surface area contributed by atoms with Crippen molar-refractivity contribution in [2.45, 2.75) is 0 Å². The maximum atomic E-state index is 12.8. The smallest absolute Gasteiger partial charge is 0.335 e. The Morgan fingerprint density at radius 2 is 0.683 bits per heavy atom. The zero-order valence-corrected chi connectivity index (χ0v) is 30.5. The minimum atomic E-state index is -1.42. The second-order valence-electron chi connectivity index (χ2n) is 7.57. The number of anilines is 3. The van der Waals surface area contributed by atoms with Crippen molar-refractivity contribution in [2.75, 3.05) is 16.4 Å². The summed E-state index contributed by atoms with van der Waals surface area (Å²) < 4.78 is 0. The van der Waals surface area contributed by atoms with Crippen LogP contribution < -0.4 is 16.4 Å². The Labute approximate surface area is 320 Å². The largest absolute Gasteiger partial charge is 0.478 e. The van der Waals surface area contributed by atoms with E-state index in [0.29, 0.717) is 0 Å². The molecular weight excluding hydrogens is 582 g/mol. The van der Waals surface area contributed by atoms with Gasteiger partial charge in [-0.2, -0.15) is 0 Å². The maximum Gasteiger partial charge on any atom is 0.335 e.